The van der Waals surface area contributed by atoms with Crippen molar-refractivity contribution in [1.82, 2.24) is 0 Å². The van der Waals surface area contributed by atoms with Crippen LogP contribution < -0.4 is 0 Å². The van der Waals surface area contributed by atoms with Crippen LogP contribution >= 0.6 is 6.49 Å². The van der Waals surface area contributed by atoms with Crippen LogP contribution in [-0.4, -0.2) is 17.7 Å². The first-order valence-electron chi connectivity index (χ1n) is 3.56. The standard InChI is InChI=1S/C6H13O2PS/c1-9(7,10)8-6-4-2-3-5-6/h6H,2-5H2,1H3,(H,7,10). The van der Waals surface area contributed by atoms with Gasteiger partial charge in [-0.2, -0.15) is 0 Å². The summed E-state index contributed by atoms with van der Waals surface area (Å²) in [6, 6.07) is 0. The van der Waals surface area contributed by atoms with Crippen LogP contribution in [0, 0.1) is 0 Å². The molecule has 60 valence electrons. The molecule has 1 aliphatic carbocycles. The fourth-order valence-electron chi connectivity index (χ4n) is 1.27. The number of hydrogen-bond acceptors (Lipinski definition) is 2. The molecule has 1 fully saturated rings. The molecule has 0 aromatic heterocycles. The maximum Gasteiger partial charge on any atom is 0.183 e. The summed E-state index contributed by atoms with van der Waals surface area (Å²) in [6.07, 6.45) is 4.85. The largest absolute Gasteiger partial charge is 0.345 e. The van der Waals surface area contributed by atoms with Gasteiger partial charge in [0.1, 0.15) is 0 Å². The van der Waals surface area contributed by atoms with Crippen LogP contribution in [0.1, 0.15) is 25.7 Å². The molecule has 1 saturated carbocycles. The van der Waals surface area contributed by atoms with Crippen molar-refractivity contribution in [3.05, 3.63) is 0 Å². The fourth-order valence-corrected chi connectivity index (χ4v) is 2.40. The normalized spacial score (nSPS) is 26.6. The third-order valence-electron chi connectivity index (χ3n) is 1.65. The second kappa shape index (κ2) is 3.31. The van der Waals surface area contributed by atoms with Crippen molar-refractivity contribution in [2.24, 2.45) is 0 Å². The summed E-state index contributed by atoms with van der Waals surface area (Å²) in [4.78, 5) is 9.18. The molecule has 0 aliphatic heterocycles. The first-order valence-corrected chi connectivity index (χ1v) is 6.68. The van der Waals surface area contributed by atoms with Gasteiger partial charge < -0.3 is 9.42 Å². The van der Waals surface area contributed by atoms with E-state index in [9.17, 15) is 4.89 Å². The Bertz CT molecular complexity index is 148. The summed E-state index contributed by atoms with van der Waals surface area (Å²) in [5.74, 6) is 0. The smallest absolute Gasteiger partial charge is 0.183 e. The van der Waals surface area contributed by atoms with E-state index in [0.29, 0.717) is 0 Å². The van der Waals surface area contributed by atoms with Gasteiger partial charge in [-0.3, -0.25) is 0 Å². The molecule has 0 saturated heterocycles. The average molecular weight is 180 g/mol. The van der Waals surface area contributed by atoms with Crippen molar-refractivity contribution in [2.75, 3.05) is 6.66 Å². The van der Waals surface area contributed by atoms with Gasteiger partial charge >= 0.3 is 0 Å². The van der Waals surface area contributed by atoms with Crippen molar-refractivity contribution in [1.29, 1.82) is 0 Å². The van der Waals surface area contributed by atoms with Gasteiger partial charge in [0.2, 0.25) is 0 Å². The Morgan fingerprint density at radius 3 is 2.40 bits per heavy atom. The molecular formula is C6H13O2PS. The lowest BCUT2D eigenvalue weighted by atomic mass is 10.3. The van der Waals surface area contributed by atoms with Gasteiger partial charge in [-0.1, -0.05) is 12.8 Å². The van der Waals surface area contributed by atoms with Crippen LogP contribution in [0.25, 0.3) is 0 Å². The Labute approximate surface area is 66.8 Å². The third-order valence-corrected chi connectivity index (χ3v) is 2.59. The van der Waals surface area contributed by atoms with E-state index in [-0.39, 0.29) is 6.10 Å². The Kier molecular flexibility index (Phi) is 2.87. The van der Waals surface area contributed by atoms with E-state index in [1.54, 1.807) is 6.66 Å². The van der Waals surface area contributed by atoms with E-state index in [1.165, 1.54) is 12.8 Å². The molecule has 0 bridgehead atoms. The quantitative estimate of drug-likeness (QED) is 0.658. The highest BCUT2D eigenvalue weighted by Gasteiger charge is 2.19. The number of hydrogen-bond donors (Lipinski definition) is 1. The highest BCUT2D eigenvalue weighted by Crippen LogP contribution is 2.42. The van der Waals surface area contributed by atoms with Gasteiger partial charge in [0.15, 0.2) is 6.49 Å². The monoisotopic (exact) mass is 180 g/mol. The van der Waals surface area contributed by atoms with Gasteiger partial charge in [0.05, 0.1) is 6.10 Å². The van der Waals surface area contributed by atoms with Crippen molar-refractivity contribution >= 4 is 18.3 Å². The van der Waals surface area contributed by atoms with Gasteiger partial charge in [-0.15, -0.1) is 0 Å². The van der Waals surface area contributed by atoms with Crippen LogP contribution in [0.3, 0.4) is 0 Å². The molecule has 1 aliphatic rings. The lowest BCUT2D eigenvalue weighted by Gasteiger charge is -2.15. The maximum absolute atomic E-state index is 9.18. The lowest BCUT2D eigenvalue weighted by Crippen LogP contribution is -2.04. The molecule has 1 unspecified atom stereocenters. The summed E-state index contributed by atoms with van der Waals surface area (Å²) in [5.41, 5.74) is 0. The maximum atomic E-state index is 9.18. The molecule has 0 radical (unpaired) electrons. The summed E-state index contributed by atoms with van der Waals surface area (Å²) >= 11 is 4.77. The van der Waals surface area contributed by atoms with Crippen LogP contribution in [0.2, 0.25) is 0 Å². The molecule has 2 nitrogen and oxygen atoms in total. The Morgan fingerprint density at radius 1 is 1.50 bits per heavy atom. The fraction of sp³-hybridized carbons (Fsp3) is 1.00. The zero-order chi connectivity index (χ0) is 7.61. The molecule has 0 spiro atoms. The minimum Gasteiger partial charge on any atom is -0.345 e. The molecule has 0 heterocycles. The van der Waals surface area contributed by atoms with Crippen LogP contribution in [0.5, 0.6) is 0 Å². The molecule has 0 aromatic carbocycles. The highest BCUT2D eigenvalue weighted by atomic mass is 32.5. The van der Waals surface area contributed by atoms with E-state index in [2.05, 4.69) is 0 Å². The highest BCUT2D eigenvalue weighted by molar-refractivity contribution is 8.09. The molecule has 1 N–H and O–H groups in total. The van der Waals surface area contributed by atoms with E-state index < -0.39 is 6.49 Å². The van der Waals surface area contributed by atoms with Crippen molar-refractivity contribution in [3.63, 3.8) is 0 Å². The van der Waals surface area contributed by atoms with Gasteiger partial charge in [0, 0.05) is 6.66 Å². The molecule has 1 atom stereocenters. The minimum absolute atomic E-state index is 0.251. The number of rotatable bonds is 2. The Hall–Kier alpha value is 0.570. The van der Waals surface area contributed by atoms with Crippen molar-refractivity contribution in [3.8, 4) is 0 Å². The Morgan fingerprint density at radius 2 is 2.00 bits per heavy atom. The molecular weight excluding hydrogens is 167 g/mol. The summed E-state index contributed by atoms with van der Waals surface area (Å²) in [6.45, 7) is -0.770. The molecule has 1 rings (SSSR count). The minimum atomic E-state index is -2.38. The van der Waals surface area contributed by atoms with Crippen LogP contribution in [-0.2, 0) is 16.3 Å². The molecule has 10 heavy (non-hydrogen) atoms. The summed E-state index contributed by atoms with van der Waals surface area (Å²) in [5, 5.41) is 0. The average Bonchev–Trinajstić information content (AvgIpc) is 2.12. The molecule has 4 heteroatoms. The summed E-state index contributed by atoms with van der Waals surface area (Å²) < 4.78 is 5.28. The van der Waals surface area contributed by atoms with E-state index in [4.69, 9.17) is 16.3 Å². The van der Waals surface area contributed by atoms with Gasteiger partial charge in [0.25, 0.3) is 0 Å². The van der Waals surface area contributed by atoms with Gasteiger partial charge in [-0.25, -0.2) is 0 Å². The predicted molar refractivity (Wildman–Crippen MR) is 45.8 cm³/mol. The lowest BCUT2D eigenvalue weighted by molar-refractivity contribution is 0.210. The zero-order valence-electron chi connectivity index (χ0n) is 6.12. The predicted octanol–water partition coefficient (Wildman–Crippen LogP) is 1.88. The van der Waals surface area contributed by atoms with Crippen LogP contribution in [0.15, 0.2) is 0 Å². The topological polar surface area (TPSA) is 29.5 Å². The van der Waals surface area contributed by atoms with Gasteiger partial charge in [-0.05, 0) is 24.6 Å². The van der Waals surface area contributed by atoms with Crippen LogP contribution in [0.4, 0.5) is 0 Å². The first-order chi connectivity index (χ1) is 4.58. The van der Waals surface area contributed by atoms with E-state index in [0.717, 1.165) is 12.8 Å². The van der Waals surface area contributed by atoms with Crippen molar-refractivity contribution < 1.29 is 9.42 Å². The second-order valence-electron chi connectivity index (χ2n) is 2.81. The van der Waals surface area contributed by atoms with E-state index >= 15 is 0 Å². The van der Waals surface area contributed by atoms with E-state index in [1.807, 2.05) is 0 Å². The molecule has 0 aromatic rings. The van der Waals surface area contributed by atoms with Crippen molar-refractivity contribution in [2.45, 2.75) is 31.8 Å². The third kappa shape index (κ3) is 3.11. The summed E-state index contributed by atoms with van der Waals surface area (Å²) in [7, 11) is 0. The first kappa shape index (κ1) is 8.66. The Balaban J connectivity index is 2.31. The second-order valence-corrected chi connectivity index (χ2v) is 6.66. The zero-order valence-corrected chi connectivity index (χ0v) is 7.83. The molecule has 0 amide bonds. The SMILES string of the molecule is CP(O)(=S)OC1CCCC1.